The van der Waals surface area contributed by atoms with Crippen LogP contribution in [-0.4, -0.2) is 143 Å². The smallest absolute Gasteiger partial charge is 0.316 e. The molecule has 2 rings (SSSR count). The van der Waals surface area contributed by atoms with Crippen molar-refractivity contribution in [3.8, 4) is 0 Å². The highest BCUT2D eigenvalue weighted by molar-refractivity contribution is 5.99. The Bertz CT molecular complexity index is 1140. The molecule has 9 N–H and O–H groups in total. The molecule has 0 bridgehead atoms. The molecule has 57 heavy (non-hydrogen) atoms. The molecule has 2 aliphatic heterocycles. The Kier molecular flexibility index (Phi) is 24.6. The van der Waals surface area contributed by atoms with Crippen LogP contribution in [0.1, 0.15) is 156 Å². The fourth-order valence-corrected chi connectivity index (χ4v) is 8.01. The second kappa shape index (κ2) is 27.3. The molecular weight excluding hydrogens is 744 g/mol. The number of aliphatic carboxylic acids is 1. The van der Waals surface area contributed by atoms with Gasteiger partial charge >= 0.3 is 5.97 Å². The molecule has 2 heterocycles. The van der Waals surface area contributed by atoms with Crippen LogP contribution in [0, 0.1) is 11.8 Å². The van der Waals surface area contributed by atoms with Crippen molar-refractivity contribution in [1.82, 2.24) is 0 Å². The second-order valence-corrected chi connectivity index (χ2v) is 16.6. The Morgan fingerprint density at radius 2 is 1.02 bits per heavy atom. The van der Waals surface area contributed by atoms with E-state index in [0.29, 0.717) is 38.5 Å². The van der Waals surface area contributed by atoms with Gasteiger partial charge in [0.1, 0.15) is 48.3 Å². The van der Waals surface area contributed by atoms with E-state index in [0.717, 1.165) is 57.8 Å². The Morgan fingerprint density at radius 1 is 0.561 bits per heavy atom. The monoisotopic (exact) mass is 821 g/mol. The molecule has 0 aromatic rings. The minimum Gasteiger partial charge on any atom is -0.481 e. The first-order chi connectivity index (χ1) is 27.0. The molecule has 0 aromatic heterocycles. The van der Waals surface area contributed by atoms with Crippen LogP contribution in [0.3, 0.4) is 0 Å². The topological polar surface area (TPSA) is 261 Å². The summed E-state index contributed by atoms with van der Waals surface area (Å²) >= 11 is 0. The van der Waals surface area contributed by atoms with Crippen LogP contribution in [0.25, 0.3) is 0 Å². The predicted octanol–water partition coefficient (Wildman–Crippen LogP) is 3.09. The SMILES string of the molecule is CCCCCCCC(O)CC(=O)C(CCCCCCC(O)CC(=O)C(C(=O)O)C(O)CCCCCCC)[C@@H]1O[C@@H](C)[C@H](O)[C@@H](O)[C@H]1O[C@@H]1O[C@@H](C)[C@H](O)[C@@H](O)[C@H]1O. The number of carbonyl (C=O) groups is 3. The standard InChI is InChI=1S/C42H76O15/c1-5-7-9-11-15-19-27(43)23-31(46)29(39-40(37(51)35(49)25(3)55-39)57-42-38(52)36(50)34(48)26(4)56-42)21-17-14-13-16-20-28(44)24-32(47)33(41(53)54)30(45)22-18-12-10-8-6-2/h25-30,33-40,42-45,48-52H,5-24H2,1-4H3,(H,53,54)/t25-,26-,27?,28?,29?,30?,33?,34-,35-,36+,37+,38+,39-,40+,42-/m0/s1. The highest BCUT2D eigenvalue weighted by Gasteiger charge is 2.51. The Hall–Kier alpha value is -1.63. The molecule has 2 saturated heterocycles. The summed E-state index contributed by atoms with van der Waals surface area (Å²) in [4.78, 5) is 38.6. The Morgan fingerprint density at radius 3 is 1.54 bits per heavy atom. The largest absolute Gasteiger partial charge is 0.481 e. The molecule has 2 aliphatic rings. The number of hydrogen-bond donors (Lipinski definition) is 9. The molecule has 334 valence electrons. The van der Waals surface area contributed by atoms with Crippen LogP contribution in [0.2, 0.25) is 0 Å². The lowest BCUT2D eigenvalue weighted by Gasteiger charge is -2.47. The van der Waals surface area contributed by atoms with Gasteiger partial charge in [0.15, 0.2) is 12.1 Å². The zero-order chi connectivity index (χ0) is 42.7. The first-order valence-corrected chi connectivity index (χ1v) is 21.7. The van der Waals surface area contributed by atoms with Gasteiger partial charge < -0.3 is 60.2 Å². The molecular formula is C42H76O15. The summed E-state index contributed by atoms with van der Waals surface area (Å²) in [7, 11) is 0. The van der Waals surface area contributed by atoms with Crippen molar-refractivity contribution in [3.63, 3.8) is 0 Å². The normalized spacial score (nSPS) is 30.7. The van der Waals surface area contributed by atoms with Crippen molar-refractivity contribution in [3.05, 3.63) is 0 Å². The van der Waals surface area contributed by atoms with Crippen molar-refractivity contribution < 1.29 is 74.6 Å². The van der Waals surface area contributed by atoms with Crippen molar-refractivity contribution in [2.24, 2.45) is 11.8 Å². The molecule has 0 radical (unpaired) electrons. The summed E-state index contributed by atoms with van der Waals surface area (Å²) in [5, 5.41) is 94.8. The Balaban J connectivity index is 2.08. The number of rotatable bonds is 30. The van der Waals surface area contributed by atoms with Gasteiger partial charge in [0.25, 0.3) is 0 Å². The number of Topliss-reactive ketones (excluding diaryl/α,β-unsaturated/α-hetero) is 2. The number of carboxylic acid groups (broad SMARTS) is 1. The van der Waals surface area contributed by atoms with E-state index in [1.54, 1.807) is 6.92 Å². The third kappa shape index (κ3) is 17.1. The quantitative estimate of drug-likeness (QED) is 0.0373. The lowest BCUT2D eigenvalue weighted by molar-refractivity contribution is -0.337. The number of ether oxygens (including phenoxy) is 3. The summed E-state index contributed by atoms with van der Waals surface area (Å²) < 4.78 is 17.8. The minimum absolute atomic E-state index is 0.173. The zero-order valence-electron chi connectivity index (χ0n) is 34.8. The van der Waals surface area contributed by atoms with Gasteiger partial charge in [-0.05, 0) is 39.5 Å². The number of ketones is 2. The third-order valence-corrected chi connectivity index (χ3v) is 11.7. The van der Waals surface area contributed by atoms with Crippen molar-refractivity contribution in [2.75, 3.05) is 0 Å². The van der Waals surface area contributed by atoms with Gasteiger partial charge in [0, 0.05) is 18.8 Å². The first kappa shape index (κ1) is 51.5. The molecule has 2 fully saturated rings. The second-order valence-electron chi connectivity index (χ2n) is 16.6. The van der Waals surface area contributed by atoms with Gasteiger partial charge in [-0.2, -0.15) is 0 Å². The van der Waals surface area contributed by atoms with E-state index in [9.17, 15) is 60.3 Å². The molecule has 0 amide bonds. The van der Waals surface area contributed by atoms with Crippen molar-refractivity contribution in [1.29, 1.82) is 0 Å². The van der Waals surface area contributed by atoms with Crippen molar-refractivity contribution >= 4 is 17.5 Å². The van der Waals surface area contributed by atoms with E-state index < -0.39 is 103 Å². The van der Waals surface area contributed by atoms with E-state index in [2.05, 4.69) is 13.8 Å². The van der Waals surface area contributed by atoms with Crippen molar-refractivity contribution in [2.45, 2.75) is 236 Å². The van der Waals surface area contributed by atoms with E-state index in [4.69, 9.17) is 14.2 Å². The number of unbranched alkanes of at least 4 members (excludes halogenated alkanes) is 11. The van der Waals surface area contributed by atoms with Crippen LogP contribution in [0.4, 0.5) is 0 Å². The maximum atomic E-state index is 14.0. The summed E-state index contributed by atoms with van der Waals surface area (Å²) in [6.45, 7) is 7.20. The van der Waals surface area contributed by atoms with Gasteiger partial charge in [-0.25, -0.2) is 0 Å². The number of aliphatic hydroxyl groups excluding tert-OH is 8. The van der Waals surface area contributed by atoms with E-state index >= 15 is 0 Å². The summed E-state index contributed by atoms with van der Waals surface area (Å²) in [5.74, 6) is -4.96. The highest BCUT2D eigenvalue weighted by Crippen LogP contribution is 2.35. The molecule has 15 nitrogen and oxygen atoms in total. The van der Waals surface area contributed by atoms with Gasteiger partial charge in [-0.3, -0.25) is 14.4 Å². The molecule has 0 aromatic carbocycles. The average molecular weight is 821 g/mol. The summed E-state index contributed by atoms with van der Waals surface area (Å²) in [6.07, 6.45) is -4.89. The van der Waals surface area contributed by atoms with Crippen LogP contribution in [0.5, 0.6) is 0 Å². The third-order valence-electron chi connectivity index (χ3n) is 11.7. The number of carboxylic acids is 1. The fraction of sp³-hybridized carbons (Fsp3) is 0.929. The van der Waals surface area contributed by atoms with Crippen LogP contribution < -0.4 is 0 Å². The lowest BCUT2D eigenvalue weighted by Crippen LogP contribution is -2.64. The van der Waals surface area contributed by atoms with Crippen LogP contribution in [0.15, 0.2) is 0 Å². The predicted molar refractivity (Wildman–Crippen MR) is 210 cm³/mol. The van der Waals surface area contributed by atoms with Crippen LogP contribution in [-0.2, 0) is 28.6 Å². The van der Waals surface area contributed by atoms with Gasteiger partial charge in [0.2, 0.25) is 0 Å². The first-order valence-electron chi connectivity index (χ1n) is 21.7. The number of hydrogen-bond acceptors (Lipinski definition) is 14. The van der Waals surface area contributed by atoms with E-state index in [1.807, 2.05) is 0 Å². The molecule has 15 atom stereocenters. The van der Waals surface area contributed by atoms with E-state index in [1.165, 1.54) is 6.92 Å². The summed E-state index contributed by atoms with van der Waals surface area (Å²) in [5.41, 5.74) is 0. The fourth-order valence-electron chi connectivity index (χ4n) is 8.01. The van der Waals surface area contributed by atoms with E-state index in [-0.39, 0.29) is 37.9 Å². The number of aliphatic hydroxyl groups is 8. The maximum Gasteiger partial charge on any atom is 0.316 e. The maximum absolute atomic E-state index is 14.0. The lowest BCUT2D eigenvalue weighted by atomic mass is 9.81. The van der Waals surface area contributed by atoms with Crippen LogP contribution >= 0.6 is 0 Å². The minimum atomic E-state index is -1.71. The van der Waals surface area contributed by atoms with Gasteiger partial charge in [-0.1, -0.05) is 104 Å². The molecule has 0 aliphatic carbocycles. The number of carbonyl (C=O) groups excluding carboxylic acids is 2. The Labute approximate surface area is 339 Å². The highest BCUT2D eigenvalue weighted by atomic mass is 16.7. The molecule has 5 unspecified atom stereocenters. The molecule has 15 heteroatoms. The molecule has 0 spiro atoms. The average Bonchev–Trinajstić information content (AvgIpc) is 3.15. The van der Waals surface area contributed by atoms with Gasteiger partial charge in [0.05, 0.1) is 36.6 Å². The summed E-state index contributed by atoms with van der Waals surface area (Å²) in [6, 6.07) is 0. The zero-order valence-corrected chi connectivity index (χ0v) is 34.8. The molecule has 0 saturated carbocycles. The van der Waals surface area contributed by atoms with Gasteiger partial charge in [-0.15, -0.1) is 0 Å².